The van der Waals surface area contributed by atoms with E-state index in [0.29, 0.717) is 50.0 Å². The number of methoxy groups -OCH3 is 1. The van der Waals surface area contributed by atoms with Gasteiger partial charge in [0, 0.05) is 44.4 Å². The van der Waals surface area contributed by atoms with Crippen LogP contribution in [0.5, 0.6) is 0 Å². The van der Waals surface area contributed by atoms with Crippen LogP contribution in [0.2, 0.25) is 0 Å². The predicted molar refractivity (Wildman–Crippen MR) is 93.3 cm³/mol. The summed E-state index contributed by atoms with van der Waals surface area (Å²) >= 11 is 0. The number of carbonyl (C=O) groups excluding carboxylic acids is 1. The van der Waals surface area contributed by atoms with E-state index in [0.717, 1.165) is 18.5 Å². The summed E-state index contributed by atoms with van der Waals surface area (Å²) in [5, 5.41) is 9.24. The van der Waals surface area contributed by atoms with Crippen molar-refractivity contribution in [1.29, 1.82) is 5.26 Å². The topological polar surface area (TPSA) is 68.9 Å². The van der Waals surface area contributed by atoms with Gasteiger partial charge in [0.2, 0.25) is 5.91 Å². The normalized spacial score (nSPS) is 21.4. The Morgan fingerprint density at radius 3 is 2.62 bits per heavy atom. The Morgan fingerprint density at radius 1 is 1.38 bits per heavy atom. The third-order valence-electron chi connectivity index (χ3n) is 4.47. The Morgan fingerprint density at radius 2 is 2.08 bits per heavy atom. The second-order valence-corrected chi connectivity index (χ2v) is 6.42. The lowest BCUT2D eigenvalue weighted by molar-refractivity contribution is -0.135. The lowest BCUT2D eigenvalue weighted by Crippen LogP contribution is -2.55. The van der Waals surface area contributed by atoms with Gasteiger partial charge in [-0.05, 0) is 19.8 Å². The third kappa shape index (κ3) is 4.45. The van der Waals surface area contributed by atoms with Gasteiger partial charge in [-0.15, -0.1) is 0 Å². The fourth-order valence-electron chi connectivity index (χ4n) is 2.88. The third-order valence-corrected chi connectivity index (χ3v) is 4.47. The maximum atomic E-state index is 12.2. The minimum atomic E-state index is 0.0500. The van der Waals surface area contributed by atoms with Gasteiger partial charge in [-0.1, -0.05) is 13.2 Å². The van der Waals surface area contributed by atoms with E-state index >= 15 is 0 Å². The molecule has 24 heavy (non-hydrogen) atoms. The molecular formula is C18H26N4O2. The molecule has 1 aliphatic carbocycles. The maximum absolute atomic E-state index is 12.2. The van der Waals surface area contributed by atoms with Crippen molar-refractivity contribution < 1.29 is 9.53 Å². The molecule has 2 rings (SSSR count). The first kappa shape index (κ1) is 18.2. The largest absolute Gasteiger partial charge is 0.384 e. The Bertz CT molecular complexity index is 586. The van der Waals surface area contributed by atoms with Crippen LogP contribution in [0, 0.1) is 17.2 Å². The summed E-state index contributed by atoms with van der Waals surface area (Å²) in [6.45, 7) is 12.2. The Hall–Kier alpha value is -2.13. The van der Waals surface area contributed by atoms with Gasteiger partial charge in [0.25, 0.3) is 0 Å². The molecule has 0 bridgehead atoms. The molecule has 1 atom stereocenters. The van der Waals surface area contributed by atoms with Gasteiger partial charge in [0.1, 0.15) is 11.9 Å². The van der Waals surface area contributed by atoms with Crippen molar-refractivity contribution in [2.45, 2.75) is 32.2 Å². The van der Waals surface area contributed by atoms with Gasteiger partial charge in [-0.3, -0.25) is 4.79 Å². The Balaban J connectivity index is 2.05. The van der Waals surface area contributed by atoms with E-state index < -0.39 is 0 Å². The van der Waals surface area contributed by atoms with Crippen molar-refractivity contribution in [2.75, 3.05) is 33.4 Å². The molecule has 0 aromatic carbocycles. The number of rotatable bonds is 6. The van der Waals surface area contributed by atoms with Crippen molar-refractivity contribution in [1.82, 2.24) is 9.80 Å². The van der Waals surface area contributed by atoms with E-state index in [1.165, 1.54) is 0 Å². The fourth-order valence-corrected chi connectivity index (χ4v) is 2.88. The van der Waals surface area contributed by atoms with Gasteiger partial charge < -0.3 is 14.5 Å². The van der Waals surface area contributed by atoms with Gasteiger partial charge in [-0.25, -0.2) is 4.99 Å². The van der Waals surface area contributed by atoms with Crippen molar-refractivity contribution in [3.05, 3.63) is 24.4 Å². The molecule has 1 unspecified atom stereocenters. The van der Waals surface area contributed by atoms with Crippen LogP contribution in [0.4, 0.5) is 0 Å². The van der Waals surface area contributed by atoms with Crippen molar-refractivity contribution in [3.8, 4) is 6.07 Å². The molecule has 2 aliphatic rings. The van der Waals surface area contributed by atoms with Gasteiger partial charge in [0.15, 0.2) is 0 Å². The summed E-state index contributed by atoms with van der Waals surface area (Å²) in [6.07, 6.45) is 2.63. The number of nitrogens with zero attached hydrogens (tertiary/aromatic N) is 4. The molecule has 0 radical (unpaired) electrons. The van der Waals surface area contributed by atoms with Crippen molar-refractivity contribution in [3.63, 3.8) is 0 Å². The quantitative estimate of drug-likeness (QED) is 0.424. The lowest BCUT2D eigenvalue weighted by Gasteiger charge is -2.41. The minimum Gasteiger partial charge on any atom is -0.384 e. The molecule has 1 aliphatic heterocycles. The van der Waals surface area contributed by atoms with Gasteiger partial charge >= 0.3 is 0 Å². The molecule has 0 N–H and O–H groups in total. The average molecular weight is 330 g/mol. The molecule has 1 saturated heterocycles. The van der Waals surface area contributed by atoms with Gasteiger partial charge in [-0.2, -0.15) is 5.26 Å². The number of hydrogen-bond acceptors (Lipinski definition) is 4. The first-order chi connectivity index (χ1) is 11.5. The molecule has 0 aromatic rings. The SMILES string of the molecule is C=C(C#N)C(=NC(=C)C1CC1)N1CCN(C(=O)CCOC)C(C)C1. The smallest absolute Gasteiger partial charge is 0.225 e. The zero-order valence-corrected chi connectivity index (χ0v) is 14.6. The highest BCUT2D eigenvalue weighted by Crippen LogP contribution is 2.36. The number of piperazine rings is 1. The monoisotopic (exact) mass is 330 g/mol. The molecule has 1 heterocycles. The van der Waals surface area contributed by atoms with Crippen LogP contribution in [0.1, 0.15) is 26.2 Å². The number of nitriles is 1. The maximum Gasteiger partial charge on any atom is 0.225 e. The molecule has 130 valence electrons. The molecule has 1 amide bonds. The van der Waals surface area contributed by atoms with Crippen LogP contribution in [0.3, 0.4) is 0 Å². The fraction of sp³-hybridized carbons (Fsp3) is 0.611. The molecule has 0 spiro atoms. The van der Waals surface area contributed by atoms with E-state index in [1.807, 2.05) is 16.7 Å². The Kier molecular flexibility index (Phi) is 6.16. The van der Waals surface area contributed by atoms with E-state index in [-0.39, 0.29) is 11.9 Å². The standard InChI is InChI=1S/C18H26N4O2/c1-13(11-19)18(20-15(3)16-5-6-16)21-8-9-22(14(2)12-21)17(23)7-10-24-4/h14,16H,1,3,5-10,12H2,2,4H3. The number of aliphatic imine (C=N–C) groups is 1. The predicted octanol–water partition coefficient (Wildman–Crippen LogP) is 1.96. The second kappa shape index (κ2) is 8.11. The van der Waals surface area contributed by atoms with Crippen LogP contribution in [0.25, 0.3) is 0 Å². The van der Waals surface area contributed by atoms with E-state index in [4.69, 9.17) is 4.74 Å². The summed E-state index contributed by atoms with van der Waals surface area (Å²) in [5.74, 6) is 1.15. The number of allylic oxidation sites excluding steroid dienone is 1. The average Bonchev–Trinajstić information content (AvgIpc) is 3.41. The zero-order valence-electron chi connectivity index (χ0n) is 14.6. The molecule has 6 heteroatoms. The van der Waals surface area contributed by atoms with Gasteiger partial charge in [0.05, 0.1) is 18.6 Å². The molecule has 2 fully saturated rings. The zero-order chi connectivity index (χ0) is 17.7. The number of amides is 1. The summed E-state index contributed by atoms with van der Waals surface area (Å²) in [6, 6.07) is 2.15. The number of carbonyl (C=O) groups is 1. The molecular weight excluding hydrogens is 304 g/mol. The van der Waals surface area contributed by atoms with Crippen LogP contribution in [-0.4, -0.2) is 60.9 Å². The first-order valence-corrected chi connectivity index (χ1v) is 8.38. The highest BCUT2D eigenvalue weighted by atomic mass is 16.5. The number of ether oxygens (including phenoxy) is 1. The highest BCUT2D eigenvalue weighted by molar-refractivity contribution is 6.02. The van der Waals surface area contributed by atoms with E-state index in [9.17, 15) is 10.1 Å². The highest BCUT2D eigenvalue weighted by Gasteiger charge is 2.31. The minimum absolute atomic E-state index is 0.0500. The van der Waals surface area contributed by atoms with E-state index in [2.05, 4.69) is 24.2 Å². The summed E-state index contributed by atoms with van der Waals surface area (Å²) in [7, 11) is 1.59. The molecule has 1 saturated carbocycles. The second-order valence-electron chi connectivity index (χ2n) is 6.42. The summed E-state index contributed by atoms with van der Waals surface area (Å²) < 4.78 is 4.98. The summed E-state index contributed by atoms with van der Waals surface area (Å²) in [5.41, 5.74) is 1.18. The molecule has 0 aromatic heterocycles. The van der Waals surface area contributed by atoms with Crippen molar-refractivity contribution >= 4 is 11.7 Å². The van der Waals surface area contributed by atoms with Crippen LogP contribution < -0.4 is 0 Å². The number of amidine groups is 1. The van der Waals surface area contributed by atoms with E-state index in [1.54, 1.807) is 7.11 Å². The number of hydrogen-bond donors (Lipinski definition) is 0. The van der Waals surface area contributed by atoms with Crippen LogP contribution >= 0.6 is 0 Å². The Labute approximate surface area is 144 Å². The van der Waals surface area contributed by atoms with Crippen LogP contribution in [0.15, 0.2) is 29.4 Å². The van der Waals surface area contributed by atoms with Crippen molar-refractivity contribution in [2.24, 2.45) is 10.9 Å². The lowest BCUT2D eigenvalue weighted by atomic mass is 10.1. The molecule has 6 nitrogen and oxygen atoms in total. The first-order valence-electron chi connectivity index (χ1n) is 8.38. The summed E-state index contributed by atoms with van der Waals surface area (Å²) in [4.78, 5) is 20.7. The van der Waals surface area contributed by atoms with Crippen LogP contribution in [-0.2, 0) is 9.53 Å².